The van der Waals surface area contributed by atoms with Crippen LogP contribution in [0.4, 0.5) is 5.69 Å². The molecule has 0 atom stereocenters. The zero-order valence-corrected chi connectivity index (χ0v) is 16.0. The summed E-state index contributed by atoms with van der Waals surface area (Å²) in [6.07, 6.45) is 3.95. The zero-order valence-electron chi connectivity index (χ0n) is 15.3. The van der Waals surface area contributed by atoms with Gasteiger partial charge >= 0.3 is 0 Å². The van der Waals surface area contributed by atoms with Crippen LogP contribution in [0.15, 0.2) is 48.5 Å². The highest BCUT2D eigenvalue weighted by molar-refractivity contribution is 6.31. The summed E-state index contributed by atoms with van der Waals surface area (Å²) in [5.41, 5.74) is 3.66. The van der Waals surface area contributed by atoms with E-state index in [1.165, 1.54) is 11.0 Å². The van der Waals surface area contributed by atoms with Crippen molar-refractivity contribution in [2.75, 3.05) is 18.9 Å². The van der Waals surface area contributed by atoms with Gasteiger partial charge in [-0.3, -0.25) is 9.59 Å². The van der Waals surface area contributed by atoms with Gasteiger partial charge in [0, 0.05) is 23.8 Å². The average molecular weight is 371 g/mol. The Hall–Kier alpha value is -2.59. The van der Waals surface area contributed by atoms with Gasteiger partial charge in [0.1, 0.15) is 0 Å². The molecule has 2 aromatic rings. The molecule has 0 heterocycles. The normalized spacial score (nSPS) is 10.8. The van der Waals surface area contributed by atoms with Gasteiger partial charge in [0.25, 0.3) is 0 Å². The van der Waals surface area contributed by atoms with Crippen LogP contribution in [0, 0.1) is 6.92 Å². The minimum absolute atomic E-state index is 0.0180. The molecule has 0 fully saturated rings. The van der Waals surface area contributed by atoms with Crippen LogP contribution in [0.5, 0.6) is 0 Å². The van der Waals surface area contributed by atoms with Crippen LogP contribution < -0.4 is 5.32 Å². The van der Waals surface area contributed by atoms with Crippen LogP contribution in [0.3, 0.4) is 0 Å². The van der Waals surface area contributed by atoms with E-state index < -0.39 is 0 Å². The van der Waals surface area contributed by atoms with Gasteiger partial charge in [-0.05, 0) is 48.2 Å². The highest BCUT2D eigenvalue weighted by atomic mass is 35.5. The largest absolute Gasteiger partial charge is 0.333 e. The summed E-state index contributed by atoms with van der Waals surface area (Å²) < 4.78 is 0. The van der Waals surface area contributed by atoms with E-state index in [-0.39, 0.29) is 18.4 Å². The molecule has 0 unspecified atom stereocenters. The maximum Gasteiger partial charge on any atom is 0.246 e. The van der Waals surface area contributed by atoms with Crippen molar-refractivity contribution in [1.29, 1.82) is 0 Å². The lowest BCUT2D eigenvalue weighted by Crippen LogP contribution is -2.34. The van der Waals surface area contributed by atoms with Gasteiger partial charge in [-0.25, -0.2) is 0 Å². The first kappa shape index (κ1) is 19.7. The molecule has 0 aliphatic rings. The molecule has 4 nitrogen and oxygen atoms in total. The van der Waals surface area contributed by atoms with Crippen molar-refractivity contribution >= 4 is 35.2 Å². The standard InChI is InChI=1S/C21H23ClN2O2/c1-4-17-7-5-6-8-19(17)23-20(25)14-24(3)21(26)12-11-16-10-9-15(2)18(22)13-16/h5-13H,4,14H2,1-3H3,(H,23,25)/b12-11+. The molecule has 0 aromatic heterocycles. The average Bonchev–Trinajstić information content (AvgIpc) is 2.62. The molecule has 0 radical (unpaired) electrons. The lowest BCUT2D eigenvalue weighted by Gasteiger charge is -2.16. The lowest BCUT2D eigenvalue weighted by molar-refractivity contribution is -0.129. The number of amides is 2. The molecule has 0 spiro atoms. The summed E-state index contributed by atoms with van der Waals surface area (Å²) in [4.78, 5) is 25.8. The molecule has 2 rings (SSSR count). The number of carbonyl (C=O) groups excluding carboxylic acids is 2. The van der Waals surface area contributed by atoms with Gasteiger partial charge in [0.15, 0.2) is 0 Å². The third kappa shape index (κ3) is 5.46. The number of nitrogens with one attached hydrogen (secondary N) is 1. The molecule has 0 saturated carbocycles. The number of halogens is 1. The van der Waals surface area contributed by atoms with E-state index in [0.717, 1.165) is 28.8 Å². The Morgan fingerprint density at radius 3 is 2.62 bits per heavy atom. The van der Waals surface area contributed by atoms with Crippen molar-refractivity contribution in [2.45, 2.75) is 20.3 Å². The Labute approximate surface area is 159 Å². The van der Waals surface area contributed by atoms with Gasteiger partial charge in [0.2, 0.25) is 11.8 Å². The summed E-state index contributed by atoms with van der Waals surface area (Å²) in [5.74, 6) is -0.478. The van der Waals surface area contributed by atoms with Crippen LogP contribution in [0.2, 0.25) is 5.02 Å². The molecule has 0 bridgehead atoms. The Bertz CT molecular complexity index is 831. The second-order valence-electron chi connectivity index (χ2n) is 6.10. The second kappa shape index (κ2) is 9.20. The molecular formula is C21H23ClN2O2. The number of para-hydroxylation sites is 1. The van der Waals surface area contributed by atoms with Crippen molar-refractivity contribution in [3.05, 3.63) is 70.3 Å². The maximum atomic E-state index is 12.2. The number of anilines is 1. The summed E-state index contributed by atoms with van der Waals surface area (Å²) in [5, 5.41) is 3.51. The van der Waals surface area contributed by atoms with Gasteiger partial charge in [-0.1, -0.05) is 48.9 Å². The van der Waals surface area contributed by atoms with Crippen molar-refractivity contribution in [2.24, 2.45) is 0 Å². The predicted molar refractivity (Wildman–Crippen MR) is 107 cm³/mol. The molecule has 0 aliphatic carbocycles. The smallest absolute Gasteiger partial charge is 0.246 e. The third-order valence-corrected chi connectivity index (χ3v) is 4.45. The maximum absolute atomic E-state index is 12.2. The molecular weight excluding hydrogens is 348 g/mol. The summed E-state index contributed by atoms with van der Waals surface area (Å²) >= 11 is 6.08. The van der Waals surface area contributed by atoms with Crippen molar-refractivity contribution in [1.82, 2.24) is 4.90 Å². The fraction of sp³-hybridized carbons (Fsp3) is 0.238. The number of rotatable bonds is 6. The van der Waals surface area contributed by atoms with Crippen molar-refractivity contribution in [3.63, 3.8) is 0 Å². The van der Waals surface area contributed by atoms with E-state index in [9.17, 15) is 9.59 Å². The van der Waals surface area contributed by atoms with E-state index in [1.807, 2.05) is 50.2 Å². The third-order valence-electron chi connectivity index (χ3n) is 4.04. The van der Waals surface area contributed by atoms with Crippen molar-refractivity contribution in [3.8, 4) is 0 Å². The number of hydrogen-bond donors (Lipinski definition) is 1. The van der Waals surface area contributed by atoms with Crippen LogP contribution in [0.25, 0.3) is 6.08 Å². The molecule has 0 saturated heterocycles. The molecule has 26 heavy (non-hydrogen) atoms. The summed E-state index contributed by atoms with van der Waals surface area (Å²) in [6, 6.07) is 13.2. The van der Waals surface area contributed by atoms with Crippen LogP contribution in [-0.2, 0) is 16.0 Å². The molecule has 0 aliphatic heterocycles. The Kier molecular flexibility index (Phi) is 6.98. The van der Waals surface area contributed by atoms with Crippen LogP contribution >= 0.6 is 11.6 Å². The fourth-order valence-electron chi connectivity index (χ4n) is 2.44. The number of nitrogens with zero attached hydrogens (tertiary/aromatic N) is 1. The quantitative estimate of drug-likeness (QED) is 0.770. The Morgan fingerprint density at radius 1 is 1.19 bits per heavy atom. The van der Waals surface area contributed by atoms with Gasteiger partial charge in [-0.2, -0.15) is 0 Å². The van der Waals surface area contributed by atoms with E-state index in [2.05, 4.69) is 5.32 Å². The van der Waals surface area contributed by atoms with Gasteiger partial charge < -0.3 is 10.2 Å². The highest BCUT2D eigenvalue weighted by Gasteiger charge is 2.12. The zero-order chi connectivity index (χ0) is 19.1. The van der Waals surface area contributed by atoms with E-state index in [4.69, 9.17) is 11.6 Å². The highest BCUT2D eigenvalue weighted by Crippen LogP contribution is 2.18. The minimum atomic E-state index is -0.249. The summed E-state index contributed by atoms with van der Waals surface area (Å²) in [7, 11) is 1.60. The van der Waals surface area contributed by atoms with E-state index in [1.54, 1.807) is 19.2 Å². The Morgan fingerprint density at radius 2 is 1.92 bits per heavy atom. The monoisotopic (exact) mass is 370 g/mol. The van der Waals surface area contributed by atoms with Crippen LogP contribution in [-0.4, -0.2) is 30.3 Å². The summed E-state index contributed by atoms with van der Waals surface area (Å²) in [6.45, 7) is 3.93. The number of likely N-dealkylation sites (N-methyl/N-ethyl adjacent to an activating group) is 1. The predicted octanol–water partition coefficient (Wildman–Crippen LogP) is 4.32. The number of hydrogen-bond acceptors (Lipinski definition) is 2. The van der Waals surface area contributed by atoms with Crippen molar-refractivity contribution < 1.29 is 9.59 Å². The lowest BCUT2D eigenvalue weighted by atomic mass is 10.1. The van der Waals surface area contributed by atoms with E-state index >= 15 is 0 Å². The second-order valence-corrected chi connectivity index (χ2v) is 6.50. The van der Waals surface area contributed by atoms with Gasteiger partial charge in [0.05, 0.1) is 6.54 Å². The number of aryl methyl sites for hydroxylation is 2. The topological polar surface area (TPSA) is 49.4 Å². The molecule has 2 aromatic carbocycles. The first-order chi connectivity index (χ1) is 12.4. The molecule has 136 valence electrons. The van der Waals surface area contributed by atoms with Crippen LogP contribution in [0.1, 0.15) is 23.6 Å². The molecule has 5 heteroatoms. The first-order valence-electron chi connectivity index (χ1n) is 8.47. The molecule has 2 amide bonds. The number of benzene rings is 2. The van der Waals surface area contributed by atoms with Gasteiger partial charge in [-0.15, -0.1) is 0 Å². The number of carbonyl (C=O) groups is 2. The SMILES string of the molecule is CCc1ccccc1NC(=O)CN(C)C(=O)/C=C/c1ccc(C)c(Cl)c1. The van der Waals surface area contributed by atoms with E-state index in [0.29, 0.717) is 5.02 Å². The fourth-order valence-corrected chi connectivity index (χ4v) is 2.63. The Balaban J connectivity index is 1.94. The molecule has 1 N–H and O–H groups in total. The minimum Gasteiger partial charge on any atom is -0.333 e. The first-order valence-corrected chi connectivity index (χ1v) is 8.85.